The van der Waals surface area contributed by atoms with Crippen LogP contribution in [-0.2, 0) is 12.8 Å². The van der Waals surface area contributed by atoms with Gasteiger partial charge in [-0.2, -0.15) is 0 Å². The minimum atomic E-state index is -0.375. The molecule has 1 amide bonds. The van der Waals surface area contributed by atoms with E-state index in [9.17, 15) is 4.79 Å². The van der Waals surface area contributed by atoms with Crippen molar-refractivity contribution in [1.29, 1.82) is 0 Å². The van der Waals surface area contributed by atoms with Crippen LogP contribution in [-0.4, -0.2) is 5.91 Å². The number of rotatable bonds is 4. The molecule has 0 aliphatic heterocycles. The van der Waals surface area contributed by atoms with Gasteiger partial charge in [0.1, 0.15) is 0 Å². The van der Waals surface area contributed by atoms with Crippen LogP contribution in [0.25, 0.3) is 0 Å². The second kappa shape index (κ2) is 9.72. The van der Waals surface area contributed by atoms with Gasteiger partial charge in [0.15, 0.2) is 0 Å². The fourth-order valence-corrected chi connectivity index (χ4v) is 2.94. The van der Waals surface area contributed by atoms with Crippen LogP contribution >= 0.6 is 0 Å². The van der Waals surface area contributed by atoms with Crippen LogP contribution in [0.4, 0.5) is 0 Å². The zero-order chi connectivity index (χ0) is 19.8. The van der Waals surface area contributed by atoms with E-state index in [1.807, 2.05) is 19.1 Å². The second-order valence-corrected chi connectivity index (χ2v) is 7.01. The summed E-state index contributed by atoms with van der Waals surface area (Å²) in [6, 6.07) is 22.8. The average Bonchev–Trinajstić information content (AvgIpc) is 2.65. The van der Waals surface area contributed by atoms with Crippen molar-refractivity contribution in [3.63, 3.8) is 0 Å². The molecular formula is C25H29NO. The molecule has 0 saturated carbocycles. The second-order valence-electron chi connectivity index (χ2n) is 7.01. The Hall–Kier alpha value is -2.87. The molecule has 0 saturated heterocycles. The van der Waals surface area contributed by atoms with E-state index in [4.69, 9.17) is 5.73 Å². The summed E-state index contributed by atoms with van der Waals surface area (Å²) in [4.78, 5) is 10.5. The Labute approximate surface area is 163 Å². The van der Waals surface area contributed by atoms with E-state index in [-0.39, 0.29) is 5.91 Å². The summed E-state index contributed by atoms with van der Waals surface area (Å²) in [7, 11) is 0. The summed E-state index contributed by atoms with van der Waals surface area (Å²) in [5, 5.41) is 0. The van der Waals surface area contributed by atoms with E-state index in [0.717, 1.165) is 18.4 Å². The van der Waals surface area contributed by atoms with Gasteiger partial charge in [0.05, 0.1) is 0 Å². The van der Waals surface area contributed by atoms with Crippen molar-refractivity contribution in [2.75, 3.05) is 0 Å². The van der Waals surface area contributed by atoms with E-state index < -0.39 is 0 Å². The number of nitrogens with two attached hydrogens (primary N) is 1. The molecule has 2 nitrogen and oxygen atoms in total. The molecule has 3 rings (SSSR count). The van der Waals surface area contributed by atoms with Crippen LogP contribution in [0, 0.1) is 20.8 Å². The van der Waals surface area contributed by atoms with Crippen LogP contribution in [0.15, 0.2) is 66.7 Å². The first-order chi connectivity index (χ1) is 12.9. The highest BCUT2D eigenvalue weighted by Gasteiger charge is 2.01. The van der Waals surface area contributed by atoms with Crippen LogP contribution in [0.2, 0.25) is 0 Å². The molecule has 3 aromatic rings. The lowest BCUT2D eigenvalue weighted by Crippen LogP contribution is -2.10. The third kappa shape index (κ3) is 6.41. The quantitative estimate of drug-likeness (QED) is 0.652. The first kappa shape index (κ1) is 20.4. The smallest absolute Gasteiger partial charge is 0.248 e. The third-order valence-corrected chi connectivity index (χ3v) is 4.63. The molecule has 0 atom stereocenters. The van der Waals surface area contributed by atoms with Crippen LogP contribution in [0.1, 0.15) is 50.7 Å². The van der Waals surface area contributed by atoms with Gasteiger partial charge in [0.2, 0.25) is 5.91 Å². The van der Waals surface area contributed by atoms with Gasteiger partial charge in [0.25, 0.3) is 0 Å². The lowest BCUT2D eigenvalue weighted by molar-refractivity contribution is 0.100. The Morgan fingerprint density at radius 1 is 0.815 bits per heavy atom. The largest absolute Gasteiger partial charge is 0.366 e. The van der Waals surface area contributed by atoms with E-state index in [2.05, 4.69) is 63.2 Å². The molecule has 0 aliphatic carbocycles. The Bertz CT molecular complexity index is 894. The number of hydrogen-bond donors (Lipinski definition) is 1. The summed E-state index contributed by atoms with van der Waals surface area (Å²) in [5.41, 5.74) is 13.7. The van der Waals surface area contributed by atoms with Gasteiger partial charge in [0, 0.05) is 5.56 Å². The fraction of sp³-hybridized carbons (Fsp3) is 0.240. The number of amides is 1. The maximum absolute atomic E-state index is 10.5. The molecule has 2 heteroatoms. The highest BCUT2D eigenvalue weighted by Crippen LogP contribution is 2.16. The number of carbonyl (C=O) groups is 1. The average molecular weight is 360 g/mol. The molecule has 27 heavy (non-hydrogen) atoms. The maximum atomic E-state index is 10.5. The summed E-state index contributed by atoms with van der Waals surface area (Å²) >= 11 is 0. The van der Waals surface area contributed by atoms with Crippen molar-refractivity contribution >= 4 is 5.91 Å². The minimum absolute atomic E-state index is 0.375. The summed E-state index contributed by atoms with van der Waals surface area (Å²) < 4.78 is 0. The molecule has 0 heterocycles. The van der Waals surface area contributed by atoms with Crippen molar-refractivity contribution < 1.29 is 4.79 Å². The Morgan fingerprint density at radius 3 is 2.04 bits per heavy atom. The molecule has 140 valence electrons. The number of primary amides is 1. The minimum Gasteiger partial charge on any atom is -0.366 e. The highest BCUT2D eigenvalue weighted by atomic mass is 16.1. The van der Waals surface area contributed by atoms with Crippen LogP contribution in [0.3, 0.4) is 0 Å². The standard InChI is InChI=1S/C17H20.C8H9NO/c1-4-15-6-5-7-16(11-15)12-17-9-8-13(2)10-14(17)3;1-6-2-4-7(5-3-6)8(9)10/h5-11H,4,12H2,1-3H3;2-5H,1H3,(H2,9,10). The van der Waals surface area contributed by atoms with Crippen molar-refractivity contribution in [1.82, 2.24) is 0 Å². The van der Waals surface area contributed by atoms with Crippen molar-refractivity contribution in [3.8, 4) is 0 Å². The van der Waals surface area contributed by atoms with Gasteiger partial charge in [-0.25, -0.2) is 0 Å². The molecule has 3 aromatic carbocycles. The summed E-state index contributed by atoms with van der Waals surface area (Å²) in [6.45, 7) is 8.52. The van der Waals surface area contributed by atoms with Gasteiger partial charge >= 0.3 is 0 Å². The first-order valence-corrected chi connectivity index (χ1v) is 9.39. The van der Waals surface area contributed by atoms with Gasteiger partial charge < -0.3 is 5.73 Å². The molecule has 0 bridgehead atoms. The normalized spacial score (nSPS) is 10.1. The Kier molecular flexibility index (Phi) is 7.36. The number of benzene rings is 3. The van der Waals surface area contributed by atoms with Gasteiger partial charge in [-0.3, -0.25) is 4.79 Å². The molecule has 2 N–H and O–H groups in total. The third-order valence-electron chi connectivity index (χ3n) is 4.63. The SMILES string of the molecule is CCc1cccc(Cc2ccc(C)cc2C)c1.Cc1ccc(C(N)=O)cc1. The number of aryl methyl sites for hydroxylation is 4. The predicted octanol–water partition coefficient (Wildman–Crippen LogP) is 5.55. The van der Waals surface area contributed by atoms with Crippen LogP contribution < -0.4 is 5.73 Å². The first-order valence-electron chi connectivity index (χ1n) is 9.39. The molecule has 0 radical (unpaired) electrons. The van der Waals surface area contributed by atoms with E-state index in [0.29, 0.717) is 5.56 Å². The molecule has 0 fully saturated rings. The lowest BCUT2D eigenvalue weighted by atomic mass is 9.97. The van der Waals surface area contributed by atoms with Gasteiger partial charge in [-0.05, 0) is 68.0 Å². The molecule has 0 aliphatic rings. The van der Waals surface area contributed by atoms with Crippen molar-refractivity contribution in [2.45, 2.75) is 40.5 Å². The lowest BCUT2D eigenvalue weighted by Gasteiger charge is -2.08. The Morgan fingerprint density at radius 2 is 1.44 bits per heavy atom. The Balaban J connectivity index is 0.000000223. The van der Waals surface area contributed by atoms with Crippen molar-refractivity contribution in [2.24, 2.45) is 5.73 Å². The number of hydrogen-bond acceptors (Lipinski definition) is 1. The predicted molar refractivity (Wildman–Crippen MR) is 114 cm³/mol. The van der Waals surface area contributed by atoms with E-state index >= 15 is 0 Å². The highest BCUT2D eigenvalue weighted by molar-refractivity contribution is 5.92. The van der Waals surface area contributed by atoms with Crippen molar-refractivity contribution in [3.05, 3.63) is 106 Å². The zero-order valence-corrected chi connectivity index (χ0v) is 16.8. The molecule has 0 aromatic heterocycles. The van der Waals surface area contributed by atoms with Gasteiger partial charge in [-0.1, -0.05) is 72.6 Å². The monoisotopic (exact) mass is 359 g/mol. The van der Waals surface area contributed by atoms with Crippen LogP contribution in [0.5, 0.6) is 0 Å². The molecule has 0 spiro atoms. The summed E-state index contributed by atoms with van der Waals surface area (Å²) in [5.74, 6) is -0.375. The fourth-order valence-electron chi connectivity index (χ4n) is 2.94. The van der Waals surface area contributed by atoms with E-state index in [1.165, 1.54) is 27.8 Å². The topological polar surface area (TPSA) is 43.1 Å². The summed E-state index contributed by atoms with van der Waals surface area (Å²) in [6.07, 6.45) is 2.15. The van der Waals surface area contributed by atoms with E-state index in [1.54, 1.807) is 12.1 Å². The molecular weight excluding hydrogens is 330 g/mol. The molecule has 0 unspecified atom stereocenters. The maximum Gasteiger partial charge on any atom is 0.248 e. The number of carbonyl (C=O) groups excluding carboxylic acids is 1. The zero-order valence-electron chi connectivity index (χ0n) is 16.8. The van der Waals surface area contributed by atoms with Gasteiger partial charge in [-0.15, -0.1) is 0 Å².